The van der Waals surface area contributed by atoms with Crippen molar-refractivity contribution < 1.29 is 4.79 Å². The van der Waals surface area contributed by atoms with Crippen LogP contribution in [0.1, 0.15) is 31.7 Å². The first-order valence-electron chi connectivity index (χ1n) is 8.17. The zero-order valence-electron chi connectivity index (χ0n) is 13.2. The van der Waals surface area contributed by atoms with E-state index < -0.39 is 5.91 Å². The summed E-state index contributed by atoms with van der Waals surface area (Å²) >= 11 is 0. The quantitative estimate of drug-likeness (QED) is 0.640. The van der Waals surface area contributed by atoms with Crippen LogP contribution in [-0.4, -0.2) is 25.4 Å². The number of nitrogens with two attached hydrogens (primary N) is 1. The molecule has 4 rings (SSSR count). The molecule has 0 aromatic carbocycles. The SMILES string of the molecule is NC(=O)C=C[C@H]1CCC[C@H](n2c(=O)[nH]c3cnc4[nH]ccc4c32)C1. The van der Waals surface area contributed by atoms with Gasteiger partial charge in [0.1, 0.15) is 5.65 Å². The summed E-state index contributed by atoms with van der Waals surface area (Å²) in [4.78, 5) is 33.8. The number of pyridine rings is 1. The summed E-state index contributed by atoms with van der Waals surface area (Å²) < 4.78 is 1.86. The normalized spacial score (nSPS) is 21.8. The first kappa shape index (κ1) is 14.7. The first-order valence-corrected chi connectivity index (χ1v) is 8.17. The van der Waals surface area contributed by atoms with Crippen molar-refractivity contribution in [3.05, 3.63) is 41.1 Å². The van der Waals surface area contributed by atoms with Crippen molar-refractivity contribution in [1.82, 2.24) is 19.5 Å². The largest absolute Gasteiger partial charge is 0.366 e. The lowest BCUT2D eigenvalue weighted by atomic mass is 9.85. The minimum atomic E-state index is -0.429. The number of aromatic amines is 2. The number of hydrogen-bond donors (Lipinski definition) is 3. The number of nitrogens with one attached hydrogen (secondary N) is 2. The van der Waals surface area contributed by atoms with Crippen molar-refractivity contribution >= 4 is 28.0 Å². The molecule has 1 fully saturated rings. The summed E-state index contributed by atoms with van der Waals surface area (Å²) in [5, 5.41) is 0.945. The molecule has 24 heavy (non-hydrogen) atoms. The van der Waals surface area contributed by atoms with E-state index in [0.29, 0.717) is 0 Å². The third kappa shape index (κ3) is 2.42. The number of primary amides is 1. The van der Waals surface area contributed by atoms with Crippen LogP contribution in [0.3, 0.4) is 0 Å². The molecule has 1 saturated carbocycles. The predicted octanol–water partition coefficient (Wildman–Crippen LogP) is 1.98. The van der Waals surface area contributed by atoms with Gasteiger partial charge in [-0.1, -0.05) is 12.5 Å². The van der Waals surface area contributed by atoms with Crippen molar-refractivity contribution in [2.24, 2.45) is 11.7 Å². The monoisotopic (exact) mass is 325 g/mol. The van der Waals surface area contributed by atoms with Crippen LogP contribution in [-0.2, 0) is 4.79 Å². The molecule has 0 bridgehead atoms. The summed E-state index contributed by atoms with van der Waals surface area (Å²) in [5.41, 5.74) is 7.51. The second-order valence-electron chi connectivity index (χ2n) is 6.40. The van der Waals surface area contributed by atoms with Crippen LogP contribution in [0, 0.1) is 5.92 Å². The Morgan fingerprint density at radius 1 is 1.42 bits per heavy atom. The molecule has 2 atom stereocenters. The minimum Gasteiger partial charge on any atom is -0.366 e. The summed E-state index contributed by atoms with van der Waals surface area (Å²) in [6.45, 7) is 0. The maximum absolute atomic E-state index is 12.6. The van der Waals surface area contributed by atoms with Crippen molar-refractivity contribution in [3.63, 3.8) is 0 Å². The van der Waals surface area contributed by atoms with Gasteiger partial charge in [-0.2, -0.15) is 0 Å². The molecule has 0 unspecified atom stereocenters. The Morgan fingerprint density at radius 2 is 2.29 bits per heavy atom. The van der Waals surface area contributed by atoms with Crippen molar-refractivity contribution in [3.8, 4) is 0 Å². The molecule has 7 heteroatoms. The number of H-pyrrole nitrogens is 2. The fourth-order valence-corrected chi connectivity index (χ4v) is 3.81. The molecule has 0 spiro atoms. The highest BCUT2D eigenvalue weighted by molar-refractivity contribution is 6.00. The van der Waals surface area contributed by atoms with Crippen LogP contribution < -0.4 is 11.4 Å². The maximum Gasteiger partial charge on any atom is 0.326 e. The standard InChI is InChI=1S/C17H19N5O2/c18-14(23)5-4-10-2-1-3-11(8-10)22-15-12-6-7-19-16(12)20-9-13(15)21-17(22)24/h4-7,9-11H,1-3,8H2,(H2,18,23)(H,19,20)(H,21,24)/t10-,11+/m1/s1. The number of amides is 1. The third-order valence-electron chi connectivity index (χ3n) is 4.84. The Balaban J connectivity index is 1.78. The molecule has 4 N–H and O–H groups in total. The zero-order valence-corrected chi connectivity index (χ0v) is 13.2. The summed E-state index contributed by atoms with van der Waals surface area (Å²) in [6, 6.07) is 2.05. The molecule has 3 heterocycles. The summed E-state index contributed by atoms with van der Waals surface area (Å²) in [6.07, 6.45) is 10.6. The minimum absolute atomic E-state index is 0.100. The Morgan fingerprint density at radius 3 is 3.12 bits per heavy atom. The predicted molar refractivity (Wildman–Crippen MR) is 91.5 cm³/mol. The molecule has 1 amide bonds. The van der Waals surface area contributed by atoms with Crippen LogP contribution >= 0.6 is 0 Å². The van der Waals surface area contributed by atoms with E-state index in [1.54, 1.807) is 6.20 Å². The molecule has 3 aromatic rings. The maximum atomic E-state index is 12.6. The van der Waals surface area contributed by atoms with Crippen molar-refractivity contribution in [2.75, 3.05) is 0 Å². The van der Waals surface area contributed by atoms with E-state index in [1.807, 2.05) is 22.9 Å². The lowest BCUT2D eigenvalue weighted by Gasteiger charge is -2.28. The molecule has 7 nitrogen and oxygen atoms in total. The summed E-state index contributed by atoms with van der Waals surface area (Å²) in [7, 11) is 0. The van der Waals surface area contributed by atoms with E-state index in [2.05, 4.69) is 15.0 Å². The topological polar surface area (TPSA) is 110 Å². The molecule has 1 aliphatic carbocycles. The van der Waals surface area contributed by atoms with E-state index in [1.165, 1.54) is 6.08 Å². The van der Waals surface area contributed by atoms with Crippen LogP contribution in [0.25, 0.3) is 22.1 Å². The second kappa shape index (κ2) is 5.67. The smallest absolute Gasteiger partial charge is 0.326 e. The lowest BCUT2D eigenvalue weighted by Crippen LogP contribution is -2.26. The van der Waals surface area contributed by atoms with Crippen molar-refractivity contribution in [1.29, 1.82) is 0 Å². The molecule has 0 radical (unpaired) electrons. The van der Waals surface area contributed by atoms with Gasteiger partial charge >= 0.3 is 5.69 Å². The zero-order chi connectivity index (χ0) is 16.7. The van der Waals surface area contributed by atoms with Crippen LogP contribution in [0.5, 0.6) is 0 Å². The van der Waals surface area contributed by atoms with E-state index in [-0.39, 0.29) is 17.6 Å². The third-order valence-corrected chi connectivity index (χ3v) is 4.84. The summed E-state index contributed by atoms with van der Waals surface area (Å²) in [5.74, 6) is -0.168. The second-order valence-corrected chi connectivity index (χ2v) is 6.40. The van der Waals surface area contributed by atoms with Gasteiger partial charge in [0.15, 0.2) is 0 Å². The number of carbonyl (C=O) groups is 1. The number of fused-ring (bicyclic) bond motifs is 3. The van der Waals surface area contributed by atoms with Gasteiger partial charge in [0.2, 0.25) is 5.91 Å². The van der Waals surface area contributed by atoms with Crippen LogP contribution in [0.4, 0.5) is 0 Å². The Bertz CT molecular complexity index is 993. The van der Waals surface area contributed by atoms with Gasteiger partial charge in [0.25, 0.3) is 0 Å². The van der Waals surface area contributed by atoms with E-state index in [9.17, 15) is 9.59 Å². The number of aromatic nitrogens is 4. The Kier molecular flexibility index (Phi) is 3.48. The van der Waals surface area contributed by atoms with Gasteiger partial charge in [-0.25, -0.2) is 9.78 Å². The van der Waals surface area contributed by atoms with Gasteiger partial charge in [0.05, 0.1) is 17.2 Å². The van der Waals surface area contributed by atoms with Gasteiger partial charge in [0, 0.05) is 17.6 Å². The van der Waals surface area contributed by atoms with Crippen molar-refractivity contribution in [2.45, 2.75) is 31.7 Å². The number of allylic oxidation sites excluding steroid dienone is 1. The number of imidazole rings is 1. The highest BCUT2D eigenvalue weighted by atomic mass is 16.1. The molecular weight excluding hydrogens is 306 g/mol. The Labute approximate surface area is 137 Å². The van der Waals surface area contributed by atoms with Crippen LogP contribution in [0.2, 0.25) is 0 Å². The average molecular weight is 325 g/mol. The first-order chi connectivity index (χ1) is 11.6. The van der Waals surface area contributed by atoms with Gasteiger partial charge in [-0.15, -0.1) is 0 Å². The van der Waals surface area contributed by atoms with Crippen LogP contribution in [0.15, 0.2) is 35.4 Å². The Hall–Kier alpha value is -2.83. The number of nitrogens with zero attached hydrogens (tertiary/aromatic N) is 2. The fourth-order valence-electron chi connectivity index (χ4n) is 3.81. The fraction of sp³-hybridized carbons (Fsp3) is 0.353. The molecule has 3 aromatic heterocycles. The van der Waals surface area contributed by atoms with Gasteiger partial charge in [-0.3, -0.25) is 9.36 Å². The number of carbonyl (C=O) groups excluding carboxylic acids is 1. The number of hydrogen-bond acceptors (Lipinski definition) is 3. The van der Waals surface area contributed by atoms with E-state index in [0.717, 1.165) is 47.8 Å². The highest BCUT2D eigenvalue weighted by Gasteiger charge is 2.25. The average Bonchev–Trinajstić information content (AvgIpc) is 3.16. The molecule has 1 aliphatic rings. The van der Waals surface area contributed by atoms with E-state index in [4.69, 9.17) is 5.73 Å². The van der Waals surface area contributed by atoms with Gasteiger partial charge in [-0.05, 0) is 37.3 Å². The lowest BCUT2D eigenvalue weighted by molar-refractivity contribution is -0.113. The molecule has 0 saturated heterocycles. The van der Waals surface area contributed by atoms with Gasteiger partial charge < -0.3 is 15.7 Å². The highest BCUT2D eigenvalue weighted by Crippen LogP contribution is 2.35. The van der Waals surface area contributed by atoms with E-state index >= 15 is 0 Å². The molecule has 124 valence electrons. The molecule has 0 aliphatic heterocycles. The number of rotatable bonds is 3. The molecular formula is C17H19N5O2.